The first-order chi connectivity index (χ1) is 8.93. The Bertz CT molecular complexity index is 517. The Balaban J connectivity index is 2.25. The summed E-state index contributed by atoms with van der Waals surface area (Å²) in [5.41, 5.74) is 6.16. The molecule has 1 fully saturated rings. The molecule has 0 amide bonds. The van der Waals surface area contributed by atoms with Crippen molar-refractivity contribution in [2.45, 2.75) is 31.7 Å². The van der Waals surface area contributed by atoms with Crippen molar-refractivity contribution in [3.8, 4) is 0 Å². The fourth-order valence-electron chi connectivity index (χ4n) is 2.64. The van der Waals surface area contributed by atoms with Gasteiger partial charge in [-0.05, 0) is 30.4 Å². The van der Waals surface area contributed by atoms with E-state index in [0.29, 0.717) is 37.2 Å². The van der Waals surface area contributed by atoms with E-state index < -0.39 is 10.0 Å². The van der Waals surface area contributed by atoms with E-state index in [9.17, 15) is 8.42 Å². The van der Waals surface area contributed by atoms with Gasteiger partial charge in [-0.3, -0.25) is 4.98 Å². The molecule has 2 N–H and O–H groups in total. The van der Waals surface area contributed by atoms with Crippen molar-refractivity contribution >= 4 is 10.0 Å². The zero-order valence-corrected chi connectivity index (χ0v) is 12.2. The van der Waals surface area contributed by atoms with Crippen LogP contribution in [0.25, 0.3) is 0 Å². The van der Waals surface area contributed by atoms with Crippen molar-refractivity contribution in [3.63, 3.8) is 0 Å². The monoisotopic (exact) mass is 283 g/mol. The largest absolute Gasteiger partial charge is 0.325 e. The SMILES string of the molecule is CC1CC(C)CN(S(=O)(=O)c2ccc(CN)nc2)C1. The minimum atomic E-state index is -3.42. The molecule has 106 valence electrons. The third-order valence-corrected chi connectivity index (χ3v) is 5.30. The lowest BCUT2D eigenvalue weighted by atomic mass is 9.94. The molecule has 1 aliphatic heterocycles. The van der Waals surface area contributed by atoms with Gasteiger partial charge in [0.1, 0.15) is 4.90 Å². The van der Waals surface area contributed by atoms with Gasteiger partial charge >= 0.3 is 0 Å². The summed E-state index contributed by atoms with van der Waals surface area (Å²) in [7, 11) is -3.42. The minimum Gasteiger partial charge on any atom is -0.325 e. The summed E-state index contributed by atoms with van der Waals surface area (Å²) in [4.78, 5) is 4.32. The molecule has 0 aliphatic carbocycles. The van der Waals surface area contributed by atoms with E-state index in [4.69, 9.17) is 5.73 Å². The highest BCUT2D eigenvalue weighted by atomic mass is 32.2. The third kappa shape index (κ3) is 3.13. The van der Waals surface area contributed by atoms with Crippen LogP contribution in [0.4, 0.5) is 0 Å². The average molecular weight is 283 g/mol. The van der Waals surface area contributed by atoms with Gasteiger partial charge in [-0.2, -0.15) is 4.31 Å². The highest BCUT2D eigenvalue weighted by Crippen LogP contribution is 2.26. The molecule has 1 saturated heterocycles. The fourth-order valence-corrected chi connectivity index (χ4v) is 4.26. The van der Waals surface area contributed by atoms with E-state index in [2.05, 4.69) is 18.8 Å². The van der Waals surface area contributed by atoms with Crippen LogP contribution in [-0.4, -0.2) is 30.8 Å². The molecule has 2 unspecified atom stereocenters. The lowest BCUT2D eigenvalue weighted by Gasteiger charge is -2.33. The van der Waals surface area contributed by atoms with Crippen LogP contribution in [0.3, 0.4) is 0 Å². The number of pyridine rings is 1. The Kier molecular flexibility index (Phi) is 4.23. The molecule has 2 atom stereocenters. The Hall–Kier alpha value is -0.980. The highest BCUT2D eigenvalue weighted by molar-refractivity contribution is 7.89. The highest BCUT2D eigenvalue weighted by Gasteiger charge is 2.31. The number of rotatable bonds is 3. The van der Waals surface area contributed by atoms with Crippen LogP contribution >= 0.6 is 0 Å². The summed E-state index contributed by atoms with van der Waals surface area (Å²) in [5.74, 6) is 0.796. The van der Waals surface area contributed by atoms with E-state index in [1.54, 1.807) is 16.4 Å². The molecule has 1 aromatic rings. The molecule has 0 spiro atoms. The van der Waals surface area contributed by atoms with Crippen molar-refractivity contribution in [1.29, 1.82) is 0 Å². The minimum absolute atomic E-state index is 0.256. The number of piperidine rings is 1. The summed E-state index contributed by atoms with van der Waals surface area (Å²) in [5, 5.41) is 0. The molecular formula is C13H21N3O2S. The molecule has 5 nitrogen and oxygen atoms in total. The van der Waals surface area contributed by atoms with E-state index in [0.717, 1.165) is 6.42 Å². The Morgan fingerprint density at radius 3 is 2.42 bits per heavy atom. The molecule has 1 aliphatic rings. The molecule has 6 heteroatoms. The van der Waals surface area contributed by atoms with Crippen molar-refractivity contribution in [2.75, 3.05) is 13.1 Å². The molecule has 2 rings (SSSR count). The van der Waals surface area contributed by atoms with E-state index in [-0.39, 0.29) is 4.90 Å². The Labute approximate surface area is 114 Å². The second kappa shape index (κ2) is 5.56. The van der Waals surface area contributed by atoms with E-state index in [1.165, 1.54) is 6.20 Å². The third-order valence-electron chi connectivity index (χ3n) is 3.48. The van der Waals surface area contributed by atoms with Gasteiger partial charge in [-0.1, -0.05) is 13.8 Å². The number of sulfonamides is 1. The van der Waals surface area contributed by atoms with Crippen molar-refractivity contribution in [2.24, 2.45) is 17.6 Å². The van der Waals surface area contributed by atoms with Gasteiger partial charge in [0.15, 0.2) is 0 Å². The summed E-state index contributed by atoms with van der Waals surface area (Å²) >= 11 is 0. The molecule has 0 radical (unpaired) electrons. The Morgan fingerprint density at radius 2 is 1.95 bits per heavy atom. The van der Waals surface area contributed by atoms with Gasteiger partial charge < -0.3 is 5.73 Å². The summed E-state index contributed by atoms with van der Waals surface area (Å²) in [6.45, 7) is 5.68. The normalized spacial score (nSPS) is 25.4. The van der Waals surface area contributed by atoms with Gasteiger partial charge in [0.25, 0.3) is 0 Å². The standard InChI is InChI=1S/C13H21N3O2S/c1-10-5-11(2)9-16(8-10)19(17,18)13-4-3-12(6-14)15-7-13/h3-4,7,10-11H,5-6,8-9,14H2,1-2H3. The first-order valence-electron chi connectivity index (χ1n) is 6.58. The van der Waals surface area contributed by atoms with Crippen molar-refractivity contribution < 1.29 is 8.42 Å². The second-order valence-corrected chi connectivity index (χ2v) is 7.40. The number of nitrogens with zero attached hydrogens (tertiary/aromatic N) is 2. The lowest BCUT2D eigenvalue weighted by Crippen LogP contribution is -2.42. The topological polar surface area (TPSA) is 76.3 Å². The first-order valence-corrected chi connectivity index (χ1v) is 8.02. The molecular weight excluding hydrogens is 262 g/mol. The maximum absolute atomic E-state index is 12.5. The maximum atomic E-state index is 12.5. The fraction of sp³-hybridized carbons (Fsp3) is 0.615. The molecule has 0 aromatic carbocycles. The van der Waals surface area contributed by atoms with Gasteiger partial charge in [-0.15, -0.1) is 0 Å². The number of nitrogens with two attached hydrogens (primary N) is 1. The average Bonchev–Trinajstić information content (AvgIpc) is 2.37. The van der Waals surface area contributed by atoms with Crippen molar-refractivity contribution in [1.82, 2.24) is 9.29 Å². The molecule has 1 aromatic heterocycles. The maximum Gasteiger partial charge on any atom is 0.244 e. The second-order valence-electron chi connectivity index (χ2n) is 5.46. The van der Waals surface area contributed by atoms with E-state index >= 15 is 0 Å². The molecule has 0 bridgehead atoms. The smallest absolute Gasteiger partial charge is 0.244 e. The van der Waals surface area contributed by atoms with Crippen LogP contribution in [0.5, 0.6) is 0 Å². The zero-order chi connectivity index (χ0) is 14.0. The van der Waals surface area contributed by atoms with Crippen molar-refractivity contribution in [3.05, 3.63) is 24.0 Å². The van der Waals surface area contributed by atoms with Crippen LogP contribution in [0.15, 0.2) is 23.2 Å². The number of hydrogen-bond donors (Lipinski definition) is 1. The lowest BCUT2D eigenvalue weighted by molar-refractivity contribution is 0.222. The van der Waals surface area contributed by atoms with Gasteiger partial charge in [-0.25, -0.2) is 8.42 Å². The predicted molar refractivity (Wildman–Crippen MR) is 73.8 cm³/mol. The number of aromatic nitrogens is 1. The van der Waals surface area contributed by atoms with Gasteiger partial charge in [0.05, 0.1) is 5.69 Å². The summed E-state index contributed by atoms with van der Waals surface area (Å²) in [6, 6.07) is 3.26. The quantitative estimate of drug-likeness (QED) is 0.904. The summed E-state index contributed by atoms with van der Waals surface area (Å²) in [6.07, 6.45) is 2.48. The number of hydrogen-bond acceptors (Lipinski definition) is 4. The molecule has 2 heterocycles. The summed E-state index contributed by atoms with van der Waals surface area (Å²) < 4.78 is 26.6. The van der Waals surface area contributed by atoms with Crippen LogP contribution in [0.1, 0.15) is 26.0 Å². The van der Waals surface area contributed by atoms with E-state index in [1.807, 2.05) is 0 Å². The van der Waals surface area contributed by atoms with Gasteiger partial charge in [0.2, 0.25) is 10.0 Å². The molecule has 0 saturated carbocycles. The van der Waals surface area contributed by atoms with Crippen LogP contribution in [-0.2, 0) is 16.6 Å². The van der Waals surface area contributed by atoms with Crippen LogP contribution < -0.4 is 5.73 Å². The Morgan fingerprint density at radius 1 is 1.32 bits per heavy atom. The van der Waals surface area contributed by atoms with Crippen LogP contribution in [0.2, 0.25) is 0 Å². The molecule has 19 heavy (non-hydrogen) atoms. The predicted octanol–water partition coefficient (Wildman–Crippen LogP) is 1.21. The zero-order valence-electron chi connectivity index (χ0n) is 11.4. The first kappa shape index (κ1) is 14.4. The van der Waals surface area contributed by atoms with Gasteiger partial charge in [0, 0.05) is 25.8 Å². The van der Waals surface area contributed by atoms with Crippen LogP contribution in [0, 0.1) is 11.8 Å².